The van der Waals surface area contributed by atoms with Gasteiger partial charge in [0.05, 0.1) is 0 Å². The predicted octanol–water partition coefficient (Wildman–Crippen LogP) is 6.70. The number of thioether (sulfide) groups is 1. The Balaban J connectivity index is 1.64. The van der Waals surface area contributed by atoms with Crippen molar-refractivity contribution in [2.45, 2.75) is 12.1 Å². The Bertz CT molecular complexity index is 1120. The lowest BCUT2D eigenvalue weighted by Gasteiger charge is -2.10. The molecule has 0 aliphatic heterocycles. The molecule has 1 aromatic heterocycles. The molecule has 1 heterocycles. The standard InChI is InChI=1S/C24H20ClN3S/c1-18-12-14-22(15-13-18)28-23(20-10-5-11-21(25)17-20)26-27-24(28)29-16-6-9-19-7-3-2-4-8-19/h2-15,17H,16H2,1H3/b9-6+. The number of nitrogens with zero attached hydrogens (tertiary/aromatic N) is 3. The maximum absolute atomic E-state index is 6.21. The Labute approximate surface area is 180 Å². The molecule has 29 heavy (non-hydrogen) atoms. The van der Waals surface area contributed by atoms with E-state index in [1.54, 1.807) is 11.8 Å². The average Bonchev–Trinajstić information content (AvgIpc) is 3.16. The highest BCUT2D eigenvalue weighted by atomic mass is 35.5. The molecule has 0 fully saturated rings. The van der Waals surface area contributed by atoms with Gasteiger partial charge in [-0.25, -0.2) is 0 Å². The fourth-order valence-electron chi connectivity index (χ4n) is 2.98. The monoisotopic (exact) mass is 417 g/mol. The fraction of sp³-hybridized carbons (Fsp3) is 0.0833. The maximum Gasteiger partial charge on any atom is 0.196 e. The highest BCUT2D eigenvalue weighted by Gasteiger charge is 2.16. The van der Waals surface area contributed by atoms with Gasteiger partial charge in [-0.2, -0.15) is 0 Å². The molecule has 0 saturated carbocycles. The van der Waals surface area contributed by atoms with Crippen LogP contribution in [0, 0.1) is 6.92 Å². The van der Waals surface area contributed by atoms with Crippen LogP contribution in [0.4, 0.5) is 0 Å². The molecule has 4 rings (SSSR count). The van der Waals surface area contributed by atoms with E-state index in [4.69, 9.17) is 11.6 Å². The zero-order valence-corrected chi connectivity index (χ0v) is 17.6. The number of rotatable bonds is 6. The first-order chi connectivity index (χ1) is 14.2. The molecule has 144 valence electrons. The third kappa shape index (κ3) is 4.78. The minimum absolute atomic E-state index is 0.681. The van der Waals surface area contributed by atoms with Gasteiger partial charge in [-0.15, -0.1) is 10.2 Å². The molecule has 0 aliphatic carbocycles. The largest absolute Gasteiger partial charge is 0.270 e. The Morgan fingerprint density at radius 1 is 0.931 bits per heavy atom. The van der Waals surface area contributed by atoms with Gasteiger partial charge in [-0.05, 0) is 36.8 Å². The first kappa shape index (κ1) is 19.5. The molecule has 0 spiro atoms. The molecule has 0 bridgehead atoms. The van der Waals surface area contributed by atoms with Gasteiger partial charge in [-0.1, -0.05) is 95.7 Å². The molecule has 0 atom stereocenters. The van der Waals surface area contributed by atoms with Crippen LogP contribution in [0.2, 0.25) is 5.02 Å². The van der Waals surface area contributed by atoms with Crippen molar-refractivity contribution in [3.8, 4) is 17.1 Å². The molecular weight excluding hydrogens is 398 g/mol. The number of hydrogen-bond donors (Lipinski definition) is 0. The molecular formula is C24H20ClN3S. The second-order valence-corrected chi connectivity index (χ2v) is 8.04. The molecule has 0 radical (unpaired) electrons. The summed E-state index contributed by atoms with van der Waals surface area (Å²) in [5.41, 5.74) is 4.38. The summed E-state index contributed by atoms with van der Waals surface area (Å²) in [7, 11) is 0. The Kier molecular flexibility index (Phi) is 6.13. The summed E-state index contributed by atoms with van der Waals surface area (Å²) in [6.07, 6.45) is 4.27. The van der Waals surface area contributed by atoms with Crippen LogP contribution in [0.5, 0.6) is 0 Å². The smallest absolute Gasteiger partial charge is 0.196 e. The van der Waals surface area contributed by atoms with Crippen LogP contribution < -0.4 is 0 Å². The number of benzene rings is 3. The topological polar surface area (TPSA) is 30.7 Å². The lowest BCUT2D eigenvalue weighted by atomic mass is 10.2. The van der Waals surface area contributed by atoms with Crippen LogP contribution in [-0.4, -0.2) is 20.5 Å². The van der Waals surface area contributed by atoms with Gasteiger partial charge < -0.3 is 0 Å². The van der Waals surface area contributed by atoms with Crippen LogP contribution in [0.15, 0.2) is 90.1 Å². The summed E-state index contributed by atoms with van der Waals surface area (Å²) in [6, 6.07) is 26.4. The lowest BCUT2D eigenvalue weighted by molar-refractivity contribution is 0.887. The van der Waals surface area contributed by atoms with Gasteiger partial charge in [0.1, 0.15) is 0 Å². The molecule has 3 nitrogen and oxygen atoms in total. The van der Waals surface area contributed by atoms with Crippen molar-refractivity contribution in [3.63, 3.8) is 0 Å². The lowest BCUT2D eigenvalue weighted by Crippen LogP contribution is -2.00. The van der Waals surface area contributed by atoms with Crippen molar-refractivity contribution in [1.29, 1.82) is 0 Å². The third-order valence-corrected chi connectivity index (χ3v) is 5.54. The van der Waals surface area contributed by atoms with Crippen molar-refractivity contribution in [3.05, 3.63) is 101 Å². The van der Waals surface area contributed by atoms with E-state index in [9.17, 15) is 0 Å². The molecule has 0 saturated heterocycles. The fourth-order valence-corrected chi connectivity index (χ4v) is 3.93. The molecule has 0 amide bonds. The minimum Gasteiger partial charge on any atom is -0.270 e. The molecule has 4 aromatic rings. The highest BCUT2D eigenvalue weighted by Crippen LogP contribution is 2.29. The van der Waals surface area contributed by atoms with Crippen molar-refractivity contribution >= 4 is 29.4 Å². The SMILES string of the molecule is Cc1ccc(-n2c(SC/C=C/c3ccccc3)nnc2-c2cccc(Cl)c2)cc1. The minimum atomic E-state index is 0.681. The van der Waals surface area contributed by atoms with E-state index in [0.29, 0.717) is 5.02 Å². The van der Waals surface area contributed by atoms with E-state index in [2.05, 4.69) is 70.2 Å². The first-order valence-electron chi connectivity index (χ1n) is 9.33. The average molecular weight is 418 g/mol. The summed E-state index contributed by atoms with van der Waals surface area (Å²) < 4.78 is 2.09. The second kappa shape index (κ2) is 9.12. The summed E-state index contributed by atoms with van der Waals surface area (Å²) >= 11 is 7.86. The molecule has 0 N–H and O–H groups in total. The van der Waals surface area contributed by atoms with Crippen LogP contribution in [-0.2, 0) is 0 Å². The van der Waals surface area contributed by atoms with Crippen LogP contribution >= 0.6 is 23.4 Å². The van der Waals surface area contributed by atoms with Crippen molar-refractivity contribution in [2.75, 3.05) is 5.75 Å². The van der Waals surface area contributed by atoms with Crippen LogP contribution in [0.1, 0.15) is 11.1 Å². The Morgan fingerprint density at radius 2 is 1.72 bits per heavy atom. The number of aryl methyl sites for hydroxylation is 1. The summed E-state index contributed by atoms with van der Waals surface area (Å²) in [4.78, 5) is 0. The molecule has 3 aromatic carbocycles. The van der Waals surface area contributed by atoms with Gasteiger partial charge in [0.2, 0.25) is 0 Å². The van der Waals surface area contributed by atoms with E-state index >= 15 is 0 Å². The highest BCUT2D eigenvalue weighted by molar-refractivity contribution is 7.99. The zero-order valence-electron chi connectivity index (χ0n) is 16.0. The normalized spacial score (nSPS) is 11.2. The van der Waals surface area contributed by atoms with Crippen LogP contribution in [0.25, 0.3) is 23.2 Å². The van der Waals surface area contributed by atoms with E-state index < -0.39 is 0 Å². The number of halogens is 1. The predicted molar refractivity (Wildman–Crippen MR) is 123 cm³/mol. The van der Waals surface area contributed by atoms with Gasteiger partial charge in [-0.3, -0.25) is 4.57 Å². The third-order valence-electron chi connectivity index (χ3n) is 4.43. The number of aromatic nitrogens is 3. The summed E-state index contributed by atoms with van der Waals surface area (Å²) in [5, 5.41) is 10.5. The van der Waals surface area contributed by atoms with Gasteiger partial charge in [0.15, 0.2) is 11.0 Å². The van der Waals surface area contributed by atoms with Crippen molar-refractivity contribution < 1.29 is 0 Å². The van der Waals surface area contributed by atoms with E-state index in [1.807, 2.05) is 42.5 Å². The van der Waals surface area contributed by atoms with E-state index in [-0.39, 0.29) is 0 Å². The van der Waals surface area contributed by atoms with Gasteiger partial charge in [0.25, 0.3) is 0 Å². The Hall–Kier alpha value is -2.82. The van der Waals surface area contributed by atoms with Crippen LogP contribution in [0.3, 0.4) is 0 Å². The van der Waals surface area contributed by atoms with Crippen molar-refractivity contribution in [2.24, 2.45) is 0 Å². The van der Waals surface area contributed by atoms with Crippen molar-refractivity contribution in [1.82, 2.24) is 14.8 Å². The Morgan fingerprint density at radius 3 is 2.48 bits per heavy atom. The van der Waals surface area contributed by atoms with E-state index in [0.717, 1.165) is 28.0 Å². The summed E-state index contributed by atoms with van der Waals surface area (Å²) in [5.74, 6) is 1.58. The van der Waals surface area contributed by atoms with Gasteiger partial charge in [0, 0.05) is 22.0 Å². The summed E-state index contributed by atoms with van der Waals surface area (Å²) in [6.45, 7) is 2.08. The molecule has 5 heteroatoms. The number of hydrogen-bond acceptors (Lipinski definition) is 3. The zero-order chi connectivity index (χ0) is 20.1. The second-order valence-electron chi connectivity index (χ2n) is 6.61. The molecule has 0 aliphatic rings. The van der Waals surface area contributed by atoms with Gasteiger partial charge >= 0.3 is 0 Å². The quantitative estimate of drug-likeness (QED) is 0.327. The maximum atomic E-state index is 6.21. The molecule has 0 unspecified atom stereocenters. The first-order valence-corrected chi connectivity index (χ1v) is 10.7. The van der Waals surface area contributed by atoms with E-state index in [1.165, 1.54) is 11.1 Å².